The zero-order chi connectivity index (χ0) is 21.4. The molecule has 3 N–H and O–H groups in total. The van der Waals surface area contributed by atoms with Crippen molar-refractivity contribution in [3.8, 4) is 0 Å². The van der Waals surface area contributed by atoms with Crippen LogP contribution in [0.3, 0.4) is 0 Å². The molecule has 10 heteroatoms. The Labute approximate surface area is 183 Å². The molecule has 0 bridgehead atoms. The Bertz CT molecular complexity index is 873. The Morgan fingerprint density at radius 1 is 1.14 bits per heavy atom. The van der Waals surface area contributed by atoms with E-state index in [-0.39, 0.29) is 5.69 Å². The summed E-state index contributed by atoms with van der Waals surface area (Å²) in [5.74, 6) is -0.458. The third-order valence-corrected chi connectivity index (χ3v) is 4.35. The highest BCUT2D eigenvalue weighted by Crippen LogP contribution is 2.29. The number of non-ortho nitro benzene ring substituents is 1. The number of hydrogen-bond donors (Lipinski definition) is 3. The molecule has 2 aromatic carbocycles. The van der Waals surface area contributed by atoms with E-state index in [0.717, 1.165) is 5.56 Å². The summed E-state index contributed by atoms with van der Waals surface area (Å²) < 4.78 is -1.84. The summed E-state index contributed by atoms with van der Waals surface area (Å²) >= 11 is 18.0. The summed E-state index contributed by atoms with van der Waals surface area (Å²) in [7, 11) is 0. The minimum atomic E-state index is -1.84. The predicted octanol–water partition coefficient (Wildman–Crippen LogP) is 4.47. The van der Waals surface area contributed by atoms with Gasteiger partial charge < -0.3 is 10.6 Å². The maximum Gasteiger partial charge on any atom is 0.271 e. The maximum absolute atomic E-state index is 12.2. The van der Waals surface area contributed by atoms with Crippen molar-refractivity contribution in [1.82, 2.24) is 10.6 Å². The van der Waals surface area contributed by atoms with Gasteiger partial charge in [-0.1, -0.05) is 71.2 Å². The minimum absolute atomic E-state index is 0.0560. The van der Waals surface area contributed by atoms with Crippen LogP contribution in [-0.4, -0.2) is 27.0 Å². The smallest absolute Gasteiger partial charge is 0.271 e. The molecule has 29 heavy (non-hydrogen) atoms. The van der Waals surface area contributed by atoms with Crippen LogP contribution in [-0.2, 0) is 4.79 Å². The van der Waals surface area contributed by atoms with Crippen molar-refractivity contribution in [3.05, 3.63) is 76.4 Å². The monoisotopic (exact) mass is 456 g/mol. The van der Waals surface area contributed by atoms with Crippen LogP contribution in [0.2, 0.25) is 0 Å². The minimum Gasteiger partial charge on any atom is -0.370 e. The molecule has 2 unspecified atom stereocenters. The Morgan fingerprint density at radius 3 is 2.45 bits per heavy atom. The first-order valence-corrected chi connectivity index (χ1v) is 9.66. The van der Waals surface area contributed by atoms with Crippen molar-refractivity contribution in [2.45, 2.75) is 23.0 Å². The third kappa shape index (κ3) is 7.91. The normalized spacial score (nSPS) is 13.7. The first kappa shape index (κ1) is 23.0. The Balaban J connectivity index is 2.01. The molecule has 0 aliphatic rings. The van der Waals surface area contributed by atoms with Crippen molar-refractivity contribution >= 4 is 58.2 Å². The number of rotatable bonds is 8. The van der Waals surface area contributed by atoms with Crippen LogP contribution < -0.4 is 16.0 Å². The zero-order valence-electron chi connectivity index (χ0n) is 15.3. The number of carbonyl (C=O) groups is 1. The van der Waals surface area contributed by atoms with Gasteiger partial charge in [-0.05, 0) is 24.6 Å². The van der Waals surface area contributed by atoms with E-state index in [1.807, 2.05) is 30.3 Å². The largest absolute Gasteiger partial charge is 0.370 e. The second-order valence-electron chi connectivity index (χ2n) is 6.07. The number of nitro benzene ring substituents is 1. The molecule has 0 spiro atoms. The summed E-state index contributed by atoms with van der Waals surface area (Å²) in [4.78, 5) is 22.6. The number of anilines is 1. The molecule has 154 valence electrons. The van der Waals surface area contributed by atoms with E-state index in [9.17, 15) is 14.9 Å². The lowest BCUT2D eigenvalue weighted by molar-refractivity contribution is -0.384. The van der Waals surface area contributed by atoms with Gasteiger partial charge in [-0.15, -0.1) is 0 Å². The van der Waals surface area contributed by atoms with Crippen molar-refractivity contribution in [2.24, 2.45) is 0 Å². The predicted molar refractivity (Wildman–Crippen MR) is 117 cm³/mol. The number of nitro groups is 1. The molecule has 2 rings (SSSR count). The number of alkyl halides is 3. The Morgan fingerprint density at radius 2 is 1.83 bits per heavy atom. The van der Waals surface area contributed by atoms with Gasteiger partial charge in [-0.3, -0.25) is 20.2 Å². The first-order chi connectivity index (χ1) is 13.6. The summed E-state index contributed by atoms with van der Waals surface area (Å²) in [5.41, 5.74) is 1.29. The van der Waals surface area contributed by atoms with Gasteiger partial charge in [0.15, 0.2) is 0 Å². The van der Waals surface area contributed by atoms with Gasteiger partial charge in [0.05, 0.1) is 11.1 Å². The lowest BCUT2D eigenvalue weighted by atomic mass is 10.2. The molecule has 7 nitrogen and oxygen atoms in total. The lowest BCUT2D eigenvalue weighted by Gasteiger charge is -2.30. The SMILES string of the molecule is CC(Nc1cccc([N+](=O)[O-])c1)NC(NC(=O)/C=C/c1ccccc1)C(Cl)(Cl)Cl. The van der Waals surface area contributed by atoms with Gasteiger partial charge in [0, 0.05) is 23.9 Å². The number of halogens is 3. The van der Waals surface area contributed by atoms with Gasteiger partial charge >= 0.3 is 0 Å². The molecule has 2 atom stereocenters. The quantitative estimate of drug-likeness (QED) is 0.179. The molecule has 1 amide bonds. The van der Waals surface area contributed by atoms with Crippen LogP contribution >= 0.6 is 34.8 Å². The van der Waals surface area contributed by atoms with Gasteiger partial charge in [0.25, 0.3) is 5.69 Å². The maximum atomic E-state index is 12.2. The van der Waals surface area contributed by atoms with Crippen molar-refractivity contribution < 1.29 is 9.72 Å². The molecule has 0 saturated heterocycles. The lowest BCUT2D eigenvalue weighted by Crippen LogP contribution is -2.57. The highest BCUT2D eigenvalue weighted by Gasteiger charge is 2.34. The highest BCUT2D eigenvalue weighted by molar-refractivity contribution is 6.68. The van der Waals surface area contributed by atoms with Crippen molar-refractivity contribution in [2.75, 3.05) is 5.32 Å². The molecule has 0 aromatic heterocycles. The van der Waals surface area contributed by atoms with E-state index in [2.05, 4.69) is 16.0 Å². The molecular formula is C19H19Cl3N4O3. The van der Waals surface area contributed by atoms with E-state index in [1.54, 1.807) is 25.1 Å². The summed E-state index contributed by atoms with van der Waals surface area (Å²) in [6.45, 7) is 1.72. The number of nitrogens with zero attached hydrogens (tertiary/aromatic N) is 1. The van der Waals surface area contributed by atoms with Crippen molar-refractivity contribution in [3.63, 3.8) is 0 Å². The second-order valence-corrected chi connectivity index (χ2v) is 8.44. The van der Waals surface area contributed by atoms with Crippen LogP contribution in [0.15, 0.2) is 60.7 Å². The van der Waals surface area contributed by atoms with Crippen LogP contribution in [0.25, 0.3) is 6.08 Å². The molecule has 2 aromatic rings. The molecule has 0 heterocycles. The second kappa shape index (κ2) is 10.5. The van der Waals surface area contributed by atoms with E-state index in [1.165, 1.54) is 18.2 Å². The van der Waals surface area contributed by atoms with Gasteiger partial charge in [0.1, 0.15) is 6.17 Å². The topological polar surface area (TPSA) is 96.3 Å². The fraction of sp³-hybridized carbons (Fsp3) is 0.211. The standard InChI is InChI=1S/C19H19Cl3N4O3/c1-13(23-15-8-5-9-16(12-15)26(28)29)24-18(19(20,21)22)25-17(27)11-10-14-6-3-2-4-7-14/h2-13,18,23-24H,1H3,(H,25,27)/b11-10+. The molecule has 0 aliphatic heterocycles. The number of carbonyl (C=O) groups excluding carboxylic acids is 1. The average molecular weight is 458 g/mol. The fourth-order valence-electron chi connectivity index (χ4n) is 2.40. The van der Waals surface area contributed by atoms with Crippen LogP contribution in [0, 0.1) is 10.1 Å². The molecule has 0 aliphatic carbocycles. The molecule has 0 saturated carbocycles. The van der Waals surface area contributed by atoms with Crippen molar-refractivity contribution in [1.29, 1.82) is 0 Å². The fourth-order valence-corrected chi connectivity index (χ4v) is 2.75. The van der Waals surface area contributed by atoms with E-state index in [4.69, 9.17) is 34.8 Å². The van der Waals surface area contributed by atoms with E-state index < -0.39 is 27.0 Å². The number of benzene rings is 2. The van der Waals surface area contributed by atoms with Crippen LogP contribution in [0.5, 0.6) is 0 Å². The zero-order valence-corrected chi connectivity index (χ0v) is 17.6. The Kier molecular flexibility index (Phi) is 8.28. The summed E-state index contributed by atoms with van der Waals surface area (Å²) in [5, 5.41) is 19.4. The van der Waals surface area contributed by atoms with Crippen LogP contribution in [0.1, 0.15) is 12.5 Å². The van der Waals surface area contributed by atoms with Gasteiger partial charge in [-0.2, -0.15) is 0 Å². The van der Waals surface area contributed by atoms with E-state index in [0.29, 0.717) is 5.69 Å². The summed E-state index contributed by atoms with van der Waals surface area (Å²) in [6, 6.07) is 15.2. The molecule has 0 fully saturated rings. The number of amides is 1. The van der Waals surface area contributed by atoms with Gasteiger partial charge in [-0.25, -0.2) is 0 Å². The first-order valence-electron chi connectivity index (χ1n) is 8.52. The summed E-state index contributed by atoms with van der Waals surface area (Å²) in [6.07, 6.45) is 1.45. The Hall–Kier alpha value is -2.32. The average Bonchev–Trinajstić information content (AvgIpc) is 2.66. The van der Waals surface area contributed by atoms with Gasteiger partial charge in [0.2, 0.25) is 9.70 Å². The number of nitrogens with one attached hydrogen (secondary N) is 3. The third-order valence-electron chi connectivity index (χ3n) is 3.70. The number of hydrogen-bond acceptors (Lipinski definition) is 5. The molecular weight excluding hydrogens is 439 g/mol. The molecule has 0 radical (unpaired) electrons. The van der Waals surface area contributed by atoms with E-state index >= 15 is 0 Å². The highest BCUT2D eigenvalue weighted by atomic mass is 35.6. The van der Waals surface area contributed by atoms with Crippen LogP contribution in [0.4, 0.5) is 11.4 Å².